The summed E-state index contributed by atoms with van der Waals surface area (Å²) in [5.74, 6) is -0.576. The molecule has 1 heterocycles. The fourth-order valence-corrected chi connectivity index (χ4v) is 4.37. The SMILES string of the molecule is CC(=O)SCc1ccccc1CCC(=O)Nc1cc(C(=O)O)ccc1CN1CCCC1. The number of rotatable bonds is 9. The van der Waals surface area contributed by atoms with Gasteiger partial charge in [-0.3, -0.25) is 14.5 Å². The van der Waals surface area contributed by atoms with Crippen molar-refractivity contribution in [1.82, 2.24) is 4.90 Å². The standard InChI is InChI=1S/C24H28N2O4S/c1-17(27)31-16-21-7-3-2-6-18(21)10-11-23(28)25-22-14-19(24(29)30)8-9-20(22)15-26-12-4-5-13-26/h2-3,6-9,14H,4-5,10-13,15-16H2,1H3,(H,25,28)(H,29,30). The fraction of sp³-hybridized carbons (Fsp3) is 0.375. The zero-order chi connectivity index (χ0) is 22.2. The first kappa shape index (κ1) is 23.0. The molecule has 0 unspecified atom stereocenters. The van der Waals surface area contributed by atoms with Crippen LogP contribution in [-0.2, 0) is 28.3 Å². The van der Waals surface area contributed by atoms with Gasteiger partial charge in [0.25, 0.3) is 0 Å². The average molecular weight is 441 g/mol. The van der Waals surface area contributed by atoms with Crippen LogP contribution in [0.2, 0.25) is 0 Å². The lowest BCUT2D eigenvalue weighted by Gasteiger charge is -2.18. The Balaban J connectivity index is 1.67. The van der Waals surface area contributed by atoms with Gasteiger partial charge in [0.15, 0.2) is 5.12 Å². The van der Waals surface area contributed by atoms with Crippen LogP contribution in [0.3, 0.4) is 0 Å². The molecule has 164 valence electrons. The summed E-state index contributed by atoms with van der Waals surface area (Å²) in [6.45, 7) is 4.28. The molecule has 2 N–H and O–H groups in total. The summed E-state index contributed by atoms with van der Waals surface area (Å²) >= 11 is 1.26. The van der Waals surface area contributed by atoms with E-state index in [1.165, 1.54) is 11.8 Å². The topological polar surface area (TPSA) is 86.7 Å². The predicted octanol–water partition coefficient (Wildman–Crippen LogP) is 4.33. The zero-order valence-corrected chi connectivity index (χ0v) is 18.5. The van der Waals surface area contributed by atoms with Crippen molar-refractivity contribution < 1.29 is 19.5 Å². The number of aryl methyl sites for hydroxylation is 1. The summed E-state index contributed by atoms with van der Waals surface area (Å²) in [7, 11) is 0. The molecule has 0 atom stereocenters. The number of likely N-dealkylation sites (tertiary alicyclic amines) is 1. The second-order valence-electron chi connectivity index (χ2n) is 7.76. The van der Waals surface area contributed by atoms with Crippen molar-refractivity contribution in [3.63, 3.8) is 0 Å². The molecular formula is C24H28N2O4S. The smallest absolute Gasteiger partial charge is 0.335 e. The van der Waals surface area contributed by atoms with E-state index in [4.69, 9.17) is 0 Å². The zero-order valence-electron chi connectivity index (χ0n) is 17.7. The van der Waals surface area contributed by atoms with Gasteiger partial charge in [0, 0.05) is 31.3 Å². The summed E-state index contributed by atoms with van der Waals surface area (Å²) in [6.07, 6.45) is 3.16. The second kappa shape index (κ2) is 11.1. The summed E-state index contributed by atoms with van der Waals surface area (Å²) in [6, 6.07) is 12.8. The third-order valence-corrected chi connectivity index (χ3v) is 6.26. The highest BCUT2D eigenvalue weighted by Crippen LogP contribution is 2.23. The van der Waals surface area contributed by atoms with Crippen LogP contribution in [0.15, 0.2) is 42.5 Å². The van der Waals surface area contributed by atoms with E-state index < -0.39 is 5.97 Å². The summed E-state index contributed by atoms with van der Waals surface area (Å²) < 4.78 is 0. The van der Waals surface area contributed by atoms with Crippen molar-refractivity contribution >= 4 is 34.4 Å². The molecule has 0 radical (unpaired) electrons. The van der Waals surface area contributed by atoms with Gasteiger partial charge in [-0.2, -0.15) is 0 Å². The third-order valence-electron chi connectivity index (χ3n) is 5.39. The Morgan fingerprint density at radius 1 is 1.03 bits per heavy atom. The number of amides is 1. The van der Waals surface area contributed by atoms with Gasteiger partial charge < -0.3 is 10.4 Å². The first-order valence-electron chi connectivity index (χ1n) is 10.5. The van der Waals surface area contributed by atoms with E-state index >= 15 is 0 Å². The second-order valence-corrected chi connectivity index (χ2v) is 8.91. The molecule has 31 heavy (non-hydrogen) atoms. The average Bonchev–Trinajstić information content (AvgIpc) is 3.25. The van der Waals surface area contributed by atoms with Gasteiger partial charge in [-0.1, -0.05) is 42.1 Å². The molecule has 7 heteroatoms. The summed E-state index contributed by atoms with van der Waals surface area (Å²) in [5, 5.41) is 12.3. The Labute approximate surface area is 187 Å². The predicted molar refractivity (Wildman–Crippen MR) is 123 cm³/mol. The van der Waals surface area contributed by atoms with Gasteiger partial charge >= 0.3 is 5.97 Å². The molecule has 1 aliphatic rings. The molecule has 0 spiro atoms. The molecule has 1 amide bonds. The molecule has 1 saturated heterocycles. The molecule has 2 aromatic carbocycles. The quantitative estimate of drug-likeness (QED) is 0.604. The molecule has 2 aromatic rings. The van der Waals surface area contributed by atoms with Gasteiger partial charge in [-0.05, 0) is 61.2 Å². The van der Waals surface area contributed by atoms with Crippen molar-refractivity contribution in [3.05, 3.63) is 64.7 Å². The monoisotopic (exact) mass is 440 g/mol. The highest BCUT2D eigenvalue weighted by Gasteiger charge is 2.17. The Morgan fingerprint density at radius 3 is 2.42 bits per heavy atom. The van der Waals surface area contributed by atoms with E-state index in [1.807, 2.05) is 24.3 Å². The van der Waals surface area contributed by atoms with Crippen LogP contribution < -0.4 is 5.32 Å². The van der Waals surface area contributed by atoms with E-state index in [-0.39, 0.29) is 23.0 Å². The molecule has 1 aliphatic heterocycles. The molecule has 0 saturated carbocycles. The number of hydrogen-bond acceptors (Lipinski definition) is 5. The number of benzene rings is 2. The van der Waals surface area contributed by atoms with E-state index in [9.17, 15) is 19.5 Å². The highest BCUT2D eigenvalue weighted by molar-refractivity contribution is 8.12. The maximum Gasteiger partial charge on any atom is 0.335 e. The van der Waals surface area contributed by atoms with Gasteiger partial charge in [-0.25, -0.2) is 4.79 Å². The van der Waals surface area contributed by atoms with Crippen molar-refractivity contribution in [3.8, 4) is 0 Å². The number of anilines is 1. The van der Waals surface area contributed by atoms with Crippen LogP contribution in [0.25, 0.3) is 0 Å². The number of hydrogen-bond donors (Lipinski definition) is 2. The lowest BCUT2D eigenvalue weighted by atomic mass is 10.0. The van der Waals surface area contributed by atoms with Crippen LogP contribution in [0, 0.1) is 0 Å². The van der Waals surface area contributed by atoms with E-state index in [0.29, 0.717) is 24.4 Å². The number of aromatic carboxylic acids is 1. The Bertz CT molecular complexity index is 954. The van der Waals surface area contributed by atoms with Crippen molar-refractivity contribution in [2.45, 2.75) is 44.9 Å². The van der Waals surface area contributed by atoms with Gasteiger partial charge in [-0.15, -0.1) is 0 Å². The maximum absolute atomic E-state index is 12.7. The number of carbonyl (C=O) groups is 3. The maximum atomic E-state index is 12.7. The van der Waals surface area contributed by atoms with Crippen LogP contribution in [-0.4, -0.2) is 40.1 Å². The number of thioether (sulfide) groups is 1. The molecular weight excluding hydrogens is 412 g/mol. The largest absolute Gasteiger partial charge is 0.478 e. The summed E-state index contributed by atoms with van der Waals surface area (Å²) in [5.41, 5.74) is 3.75. The summed E-state index contributed by atoms with van der Waals surface area (Å²) in [4.78, 5) is 37.7. The Morgan fingerprint density at radius 2 is 1.74 bits per heavy atom. The normalized spacial score (nSPS) is 13.8. The molecule has 0 aliphatic carbocycles. The van der Waals surface area contributed by atoms with E-state index in [1.54, 1.807) is 25.1 Å². The molecule has 3 rings (SSSR count). The number of carboxylic acid groups (broad SMARTS) is 1. The number of carboxylic acids is 1. The Kier molecular flexibility index (Phi) is 8.26. The first-order valence-corrected chi connectivity index (χ1v) is 11.5. The van der Waals surface area contributed by atoms with Crippen molar-refractivity contribution in [2.24, 2.45) is 0 Å². The molecule has 0 aromatic heterocycles. The van der Waals surface area contributed by atoms with E-state index in [0.717, 1.165) is 42.6 Å². The minimum absolute atomic E-state index is 0.0661. The van der Waals surface area contributed by atoms with E-state index in [2.05, 4.69) is 10.2 Å². The highest BCUT2D eigenvalue weighted by atomic mass is 32.2. The van der Waals surface area contributed by atoms with Gasteiger partial charge in [0.2, 0.25) is 5.91 Å². The van der Waals surface area contributed by atoms with Crippen molar-refractivity contribution in [2.75, 3.05) is 18.4 Å². The number of nitrogens with zero attached hydrogens (tertiary/aromatic N) is 1. The van der Waals surface area contributed by atoms with Crippen LogP contribution in [0.4, 0.5) is 5.69 Å². The minimum Gasteiger partial charge on any atom is -0.478 e. The number of nitrogens with one attached hydrogen (secondary N) is 1. The fourth-order valence-electron chi connectivity index (χ4n) is 3.73. The lowest BCUT2D eigenvalue weighted by molar-refractivity contribution is -0.116. The minimum atomic E-state index is -1.01. The molecule has 6 nitrogen and oxygen atoms in total. The van der Waals surface area contributed by atoms with Gasteiger partial charge in [0.1, 0.15) is 0 Å². The Hall–Kier alpha value is -2.64. The van der Waals surface area contributed by atoms with Crippen LogP contribution in [0.1, 0.15) is 53.2 Å². The van der Waals surface area contributed by atoms with Crippen LogP contribution in [0.5, 0.6) is 0 Å². The number of carbonyl (C=O) groups excluding carboxylic acids is 2. The third kappa shape index (κ3) is 6.94. The van der Waals surface area contributed by atoms with Gasteiger partial charge in [0.05, 0.1) is 5.56 Å². The van der Waals surface area contributed by atoms with Crippen LogP contribution >= 0.6 is 11.8 Å². The molecule has 1 fully saturated rings. The van der Waals surface area contributed by atoms with Crippen molar-refractivity contribution in [1.29, 1.82) is 0 Å². The molecule has 0 bridgehead atoms. The lowest BCUT2D eigenvalue weighted by Crippen LogP contribution is -2.21. The first-order chi connectivity index (χ1) is 14.9.